The molecule has 0 bridgehead atoms. The molecule has 1 unspecified atom stereocenters. The molecule has 0 aliphatic rings. The summed E-state index contributed by atoms with van der Waals surface area (Å²) in [6.45, 7) is 2.45. The number of ether oxygens (including phenoxy) is 3. The van der Waals surface area contributed by atoms with Gasteiger partial charge in [-0.05, 0) is 47.5 Å². The lowest BCUT2D eigenvalue weighted by Gasteiger charge is -2.17. The summed E-state index contributed by atoms with van der Waals surface area (Å²) < 4.78 is 16.2. The van der Waals surface area contributed by atoms with E-state index < -0.39 is 0 Å². The minimum atomic E-state index is -0.388. The Morgan fingerprint density at radius 2 is 1.59 bits per heavy atom. The molecular weight excluding hydrogens is 404 g/mol. The lowest BCUT2D eigenvalue weighted by molar-refractivity contribution is 0.0963. The summed E-state index contributed by atoms with van der Waals surface area (Å²) in [5, 5.41) is 12.2. The molecule has 6 heteroatoms. The van der Waals surface area contributed by atoms with E-state index in [1.165, 1.54) is 0 Å². The number of methoxy groups -OCH3 is 3. The van der Waals surface area contributed by atoms with E-state index in [9.17, 15) is 4.79 Å². The van der Waals surface area contributed by atoms with Gasteiger partial charge in [0.15, 0.2) is 17.3 Å². The monoisotopic (exact) mass is 430 g/mol. The first-order chi connectivity index (χ1) is 15.5. The number of hydrogen-bond acceptors (Lipinski definition) is 6. The molecule has 0 aromatic heterocycles. The number of ketones is 1. The van der Waals surface area contributed by atoms with Crippen LogP contribution in [0.15, 0.2) is 60.7 Å². The van der Waals surface area contributed by atoms with Gasteiger partial charge >= 0.3 is 0 Å². The van der Waals surface area contributed by atoms with Gasteiger partial charge < -0.3 is 19.5 Å². The molecular formula is C26H26N2O4. The Morgan fingerprint density at radius 1 is 0.906 bits per heavy atom. The molecule has 3 aromatic carbocycles. The van der Waals surface area contributed by atoms with Crippen molar-refractivity contribution in [2.45, 2.75) is 19.4 Å². The van der Waals surface area contributed by atoms with Crippen LogP contribution in [0, 0.1) is 11.3 Å². The highest BCUT2D eigenvalue weighted by Crippen LogP contribution is 2.34. The number of nitriles is 1. The van der Waals surface area contributed by atoms with Crippen molar-refractivity contribution in [2.24, 2.45) is 0 Å². The van der Waals surface area contributed by atoms with Gasteiger partial charge in [-0.1, -0.05) is 25.1 Å². The Morgan fingerprint density at radius 3 is 2.22 bits per heavy atom. The minimum absolute atomic E-state index is 0.0484. The van der Waals surface area contributed by atoms with Crippen molar-refractivity contribution >= 4 is 11.5 Å². The normalized spacial score (nSPS) is 11.2. The second kappa shape index (κ2) is 10.4. The van der Waals surface area contributed by atoms with Crippen LogP contribution in [0.3, 0.4) is 0 Å². The molecule has 6 nitrogen and oxygen atoms in total. The molecule has 3 rings (SSSR count). The minimum Gasteiger partial charge on any atom is -0.496 e. The maximum Gasteiger partial charge on any atom is 0.173 e. The third-order valence-electron chi connectivity index (χ3n) is 5.35. The van der Waals surface area contributed by atoms with E-state index in [1.807, 2.05) is 43.3 Å². The molecule has 0 aliphatic carbocycles. The zero-order chi connectivity index (χ0) is 23.1. The van der Waals surface area contributed by atoms with Crippen molar-refractivity contribution in [3.63, 3.8) is 0 Å². The SMILES string of the molecule is COc1ccc(C(C)C(=O)c2ccc(NCc3ccc(C#N)cc3)cc2OC)cc1OC. The summed E-state index contributed by atoms with van der Waals surface area (Å²) in [7, 11) is 4.70. The summed E-state index contributed by atoms with van der Waals surface area (Å²) in [5.41, 5.74) is 3.85. The van der Waals surface area contributed by atoms with Crippen LogP contribution in [0.5, 0.6) is 17.2 Å². The lowest BCUT2D eigenvalue weighted by Crippen LogP contribution is -2.12. The van der Waals surface area contributed by atoms with E-state index in [-0.39, 0.29) is 11.7 Å². The van der Waals surface area contributed by atoms with Crippen LogP contribution >= 0.6 is 0 Å². The molecule has 0 spiro atoms. The summed E-state index contributed by atoms with van der Waals surface area (Å²) in [6, 6.07) is 20.4. The topological polar surface area (TPSA) is 80.6 Å². The molecule has 0 aliphatic heterocycles. The largest absolute Gasteiger partial charge is 0.496 e. The van der Waals surface area contributed by atoms with Crippen molar-refractivity contribution in [1.82, 2.24) is 0 Å². The van der Waals surface area contributed by atoms with Crippen LogP contribution < -0.4 is 19.5 Å². The van der Waals surface area contributed by atoms with Gasteiger partial charge in [-0.3, -0.25) is 4.79 Å². The maximum atomic E-state index is 13.2. The van der Waals surface area contributed by atoms with Gasteiger partial charge in [0.2, 0.25) is 0 Å². The molecule has 164 valence electrons. The average Bonchev–Trinajstić information content (AvgIpc) is 2.86. The fourth-order valence-corrected chi connectivity index (χ4v) is 3.41. The predicted molar refractivity (Wildman–Crippen MR) is 124 cm³/mol. The van der Waals surface area contributed by atoms with Crippen molar-refractivity contribution < 1.29 is 19.0 Å². The van der Waals surface area contributed by atoms with Gasteiger partial charge in [0.1, 0.15) is 5.75 Å². The van der Waals surface area contributed by atoms with Gasteiger partial charge in [-0.2, -0.15) is 5.26 Å². The Kier molecular flexibility index (Phi) is 7.35. The number of rotatable bonds is 9. The van der Waals surface area contributed by atoms with E-state index in [0.717, 1.165) is 16.8 Å². The van der Waals surface area contributed by atoms with E-state index >= 15 is 0 Å². The van der Waals surface area contributed by atoms with Crippen LogP contribution in [0.1, 0.15) is 39.9 Å². The zero-order valence-electron chi connectivity index (χ0n) is 18.6. The number of carbonyl (C=O) groups excluding carboxylic acids is 1. The highest BCUT2D eigenvalue weighted by molar-refractivity contribution is 6.03. The number of nitrogens with zero attached hydrogens (tertiary/aromatic N) is 1. The number of carbonyl (C=O) groups is 1. The number of hydrogen-bond donors (Lipinski definition) is 1. The molecule has 3 aromatic rings. The maximum absolute atomic E-state index is 13.2. The van der Waals surface area contributed by atoms with Crippen LogP contribution in [0.2, 0.25) is 0 Å². The Balaban J connectivity index is 1.77. The standard InChI is InChI=1S/C26H26N2O4/c1-17(20-9-12-23(30-2)25(13-20)32-4)26(29)22-11-10-21(14-24(22)31-3)28-16-19-7-5-18(15-27)6-8-19/h5-14,17,28H,16H2,1-4H3. The number of Topliss-reactive ketones (excluding diaryl/α,β-unsaturated/α-hetero) is 1. The first kappa shape index (κ1) is 22.7. The molecule has 0 radical (unpaired) electrons. The van der Waals surface area contributed by atoms with Gasteiger partial charge in [-0.15, -0.1) is 0 Å². The fourth-order valence-electron chi connectivity index (χ4n) is 3.41. The molecule has 0 saturated heterocycles. The van der Waals surface area contributed by atoms with Crippen LogP contribution in [0.25, 0.3) is 0 Å². The van der Waals surface area contributed by atoms with E-state index in [0.29, 0.717) is 34.9 Å². The Labute approximate surface area is 188 Å². The highest BCUT2D eigenvalue weighted by Gasteiger charge is 2.22. The van der Waals surface area contributed by atoms with E-state index in [4.69, 9.17) is 19.5 Å². The third kappa shape index (κ3) is 5.01. The summed E-state index contributed by atoms with van der Waals surface area (Å²) in [4.78, 5) is 13.2. The van der Waals surface area contributed by atoms with Gasteiger partial charge in [0.05, 0.1) is 38.5 Å². The summed E-state index contributed by atoms with van der Waals surface area (Å²) in [5.74, 6) is 1.27. The molecule has 1 atom stereocenters. The summed E-state index contributed by atoms with van der Waals surface area (Å²) >= 11 is 0. The quantitative estimate of drug-likeness (QED) is 0.471. The van der Waals surface area contributed by atoms with E-state index in [2.05, 4.69) is 11.4 Å². The smallest absolute Gasteiger partial charge is 0.173 e. The second-order valence-electron chi connectivity index (χ2n) is 7.28. The van der Waals surface area contributed by atoms with Crippen molar-refractivity contribution in [3.05, 3.63) is 82.9 Å². The molecule has 32 heavy (non-hydrogen) atoms. The van der Waals surface area contributed by atoms with Crippen LogP contribution in [0.4, 0.5) is 5.69 Å². The Hall–Kier alpha value is -3.98. The molecule has 1 N–H and O–H groups in total. The molecule has 0 fully saturated rings. The highest BCUT2D eigenvalue weighted by atomic mass is 16.5. The average molecular weight is 431 g/mol. The van der Waals surface area contributed by atoms with Gasteiger partial charge in [-0.25, -0.2) is 0 Å². The van der Waals surface area contributed by atoms with Crippen molar-refractivity contribution in [1.29, 1.82) is 5.26 Å². The predicted octanol–water partition coefficient (Wildman–Crippen LogP) is 5.18. The fraction of sp³-hybridized carbons (Fsp3) is 0.231. The lowest BCUT2D eigenvalue weighted by atomic mass is 9.91. The van der Waals surface area contributed by atoms with Gasteiger partial charge in [0.25, 0.3) is 0 Å². The molecule has 0 amide bonds. The number of nitrogens with one attached hydrogen (secondary N) is 1. The molecule has 0 heterocycles. The van der Waals surface area contributed by atoms with Crippen LogP contribution in [-0.4, -0.2) is 27.1 Å². The number of benzene rings is 3. The first-order valence-corrected chi connectivity index (χ1v) is 10.2. The zero-order valence-corrected chi connectivity index (χ0v) is 18.6. The van der Waals surface area contributed by atoms with Crippen LogP contribution in [-0.2, 0) is 6.54 Å². The number of anilines is 1. The Bertz CT molecular complexity index is 1130. The van der Waals surface area contributed by atoms with Crippen molar-refractivity contribution in [2.75, 3.05) is 26.6 Å². The third-order valence-corrected chi connectivity index (χ3v) is 5.35. The molecule has 0 saturated carbocycles. The van der Waals surface area contributed by atoms with Gasteiger partial charge in [0, 0.05) is 24.2 Å². The van der Waals surface area contributed by atoms with E-state index in [1.54, 1.807) is 45.6 Å². The summed E-state index contributed by atoms with van der Waals surface area (Å²) in [6.07, 6.45) is 0. The first-order valence-electron chi connectivity index (χ1n) is 10.2. The second-order valence-corrected chi connectivity index (χ2v) is 7.28. The van der Waals surface area contributed by atoms with Crippen molar-refractivity contribution in [3.8, 4) is 23.3 Å².